The molecule has 1 heterocycles. The average Bonchev–Trinajstić information content (AvgIpc) is 2.29. The second-order valence-electron chi connectivity index (χ2n) is 3.76. The minimum Gasteiger partial charge on any atom is -0.355 e. The summed E-state index contributed by atoms with van der Waals surface area (Å²) in [6.07, 6.45) is 1.33. The minimum atomic E-state index is -0.0299. The molecule has 1 saturated heterocycles. The Labute approximate surface area is 108 Å². The van der Waals surface area contributed by atoms with Gasteiger partial charge in [0, 0.05) is 32.7 Å². The average molecular weight is 262 g/mol. The highest BCUT2D eigenvalue weighted by molar-refractivity contribution is 5.87. The molecule has 0 aliphatic carbocycles. The van der Waals surface area contributed by atoms with Gasteiger partial charge in [0.05, 0.1) is 6.54 Å². The summed E-state index contributed by atoms with van der Waals surface area (Å²) >= 11 is 0. The van der Waals surface area contributed by atoms with E-state index in [4.69, 9.17) is 0 Å². The lowest BCUT2D eigenvalue weighted by molar-refractivity contribution is -0.128. The van der Waals surface area contributed by atoms with Crippen molar-refractivity contribution in [3.63, 3.8) is 0 Å². The zero-order valence-corrected chi connectivity index (χ0v) is 11.0. The second-order valence-corrected chi connectivity index (χ2v) is 3.76. The number of piperazine rings is 1. The molecule has 0 radical (unpaired) electrons. The smallest absolute Gasteiger partial charge is 0.246 e. The van der Waals surface area contributed by atoms with E-state index in [1.807, 2.05) is 6.92 Å². The number of carbonyl (C=O) groups is 2. The first-order valence-electron chi connectivity index (χ1n) is 5.57. The molecule has 0 aromatic carbocycles. The topological polar surface area (TPSA) is 52.7 Å². The van der Waals surface area contributed by atoms with E-state index in [2.05, 4.69) is 16.8 Å². The molecule has 0 unspecified atom stereocenters. The van der Waals surface area contributed by atoms with Gasteiger partial charge in [-0.2, -0.15) is 0 Å². The SMILES string of the molecule is C=CC(=O)N1CCN(CC(=O)NCC)CC1.Cl. The highest BCUT2D eigenvalue weighted by atomic mass is 35.5. The number of halogens is 1. The molecular weight excluding hydrogens is 242 g/mol. The van der Waals surface area contributed by atoms with Gasteiger partial charge in [-0.1, -0.05) is 6.58 Å². The Bertz CT molecular complexity index is 276. The van der Waals surface area contributed by atoms with Crippen molar-refractivity contribution in [1.82, 2.24) is 15.1 Å². The summed E-state index contributed by atoms with van der Waals surface area (Å²) in [5.74, 6) is 0.0173. The Kier molecular flexibility index (Phi) is 7.58. The lowest BCUT2D eigenvalue weighted by Crippen LogP contribution is -2.50. The summed E-state index contributed by atoms with van der Waals surface area (Å²) in [6, 6.07) is 0. The van der Waals surface area contributed by atoms with Crippen LogP contribution < -0.4 is 5.32 Å². The molecule has 2 amide bonds. The van der Waals surface area contributed by atoms with Crippen LogP contribution in [0.4, 0.5) is 0 Å². The van der Waals surface area contributed by atoms with E-state index in [9.17, 15) is 9.59 Å². The monoisotopic (exact) mass is 261 g/mol. The van der Waals surface area contributed by atoms with Gasteiger partial charge in [0.25, 0.3) is 0 Å². The van der Waals surface area contributed by atoms with Crippen LogP contribution in [-0.4, -0.2) is 60.9 Å². The van der Waals surface area contributed by atoms with Crippen molar-refractivity contribution in [2.75, 3.05) is 39.3 Å². The molecule has 0 aromatic heterocycles. The normalized spacial score (nSPS) is 15.9. The summed E-state index contributed by atoms with van der Waals surface area (Å²) in [5.41, 5.74) is 0. The number of hydrogen-bond acceptors (Lipinski definition) is 3. The van der Waals surface area contributed by atoms with Gasteiger partial charge in [0.2, 0.25) is 11.8 Å². The lowest BCUT2D eigenvalue weighted by atomic mass is 10.3. The number of carbonyl (C=O) groups excluding carboxylic acids is 2. The van der Waals surface area contributed by atoms with Crippen LogP contribution in [-0.2, 0) is 9.59 Å². The fourth-order valence-corrected chi connectivity index (χ4v) is 1.71. The van der Waals surface area contributed by atoms with Crippen LogP contribution in [0.5, 0.6) is 0 Å². The van der Waals surface area contributed by atoms with E-state index in [-0.39, 0.29) is 24.2 Å². The first kappa shape index (κ1) is 15.9. The minimum absolute atomic E-state index is 0. The first-order chi connectivity index (χ1) is 7.67. The quantitative estimate of drug-likeness (QED) is 0.718. The zero-order valence-electron chi connectivity index (χ0n) is 10.1. The van der Waals surface area contributed by atoms with Crippen LogP contribution in [0.25, 0.3) is 0 Å². The summed E-state index contributed by atoms with van der Waals surface area (Å²) < 4.78 is 0. The number of nitrogens with zero attached hydrogens (tertiary/aromatic N) is 2. The summed E-state index contributed by atoms with van der Waals surface area (Å²) in [6.45, 7) is 9.28. The molecule has 0 saturated carbocycles. The van der Waals surface area contributed by atoms with E-state index < -0.39 is 0 Å². The van der Waals surface area contributed by atoms with Crippen LogP contribution in [0, 0.1) is 0 Å². The largest absolute Gasteiger partial charge is 0.355 e. The van der Waals surface area contributed by atoms with Crippen LogP contribution in [0.2, 0.25) is 0 Å². The van der Waals surface area contributed by atoms with E-state index >= 15 is 0 Å². The summed E-state index contributed by atoms with van der Waals surface area (Å²) in [7, 11) is 0. The molecule has 6 heteroatoms. The van der Waals surface area contributed by atoms with E-state index in [1.165, 1.54) is 6.08 Å². The van der Waals surface area contributed by atoms with E-state index in [1.54, 1.807) is 4.90 Å². The number of rotatable bonds is 4. The molecule has 17 heavy (non-hydrogen) atoms. The zero-order chi connectivity index (χ0) is 12.0. The molecule has 0 aromatic rings. The van der Waals surface area contributed by atoms with Crippen molar-refractivity contribution in [3.05, 3.63) is 12.7 Å². The van der Waals surface area contributed by atoms with Gasteiger partial charge in [-0.25, -0.2) is 0 Å². The van der Waals surface area contributed by atoms with Gasteiger partial charge in [0.15, 0.2) is 0 Å². The fourth-order valence-electron chi connectivity index (χ4n) is 1.71. The molecule has 0 spiro atoms. The van der Waals surface area contributed by atoms with Crippen molar-refractivity contribution in [3.8, 4) is 0 Å². The second kappa shape index (κ2) is 8.08. The van der Waals surface area contributed by atoms with Crippen molar-refractivity contribution < 1.29 is 9.59 Å². The molecule has 5 nitrogen and oxygen atoms in total. The maximum Gasteiger partial charge on any atom is 0.246 e. The maximum absolute atomic E-state index is 11.3. The molecule has 0 bridgehead atoms. The number of likely N-dealkylation sites (N-methyl/N-ethyl adjacent to an activating group) is 1. The van der Waals surface area contributed by atoms with E-state index in [0.29, 0.717) is 26.2 Å². The van der Waals surface area contributed by atoms with Crippen LogP contribution in [0.1, 0.15) is 6.92 Å². The Morgan fingerprint density at radius 3 is 2.35 bits per heavy atom. The predicted octanol–water partition coefficient (Wildman–Crippen LogP) is -0.126. The third-order valence-electron chi connectivity index (χ3n) is 2.60. The Morgan fingerprint density at radius 1 is 1.29 bits per heavy atom. The number of amides is 2. The van der Waals surface area contributed by atoms with Crippen LogP contribution >= 0.6 is 12.4 Å². The standard InChI is InChI=1S/C11H19N3O2.ClH/c1-3-11(16)14-7-5-13(6-8-14)9-10(15)12-4-2;/h3H,1,4-9H2,2H3,(H,12,15);1H. The Morgan fingerprint density at radius 2 is 1.88 bits per heavy atom. The van der Waals surface area contributed by atoms with Gasteiger partial charge in [0.1, 0.15) is 0 Å². The third kappa shape index (κ3) is 5.19. The molecule has 1 N–H and O–H groups in total. The fraction of sp³-hybridized carbons (Fsp3) is 0.636. The summed E-state index contributed by atoms with van der Waals surface area (Å²) in [4.78, 5) is 26.4. The van der Waals surface area contributed by atoms with Gasteiger partial charge in [-0.15, -0.1) is 12.4 Å². The molecule has 1 aliphatic heterocycles. The van der Waals surface area contributed by atoms with Gasteiger partial charge in [-0.3, -0.25) is 14.5 Å². The number of hydrogen-bond donors (Lipinski definition) is 1. The molecule has 1 rings (SSSR count). The molecular formula is C11H20ClN3O2. The lowest BCUT2D eigenvalue weighted by Gasteiger charge is -2.33. The number of nitrogens with one attached hydrogen (secondary N) is 1. The molecule has 1 aliphatic rings. The highest BCUT2D eigenvalue weighted by Crippen LogP contribution is 2.01. The van der Waals surface area contributed by atoms with Crippen molar-refractivity contribution >= 4 is 24.2 Å². The highest BCUT2D eigenvalue weighted by Gasteiger charge is 2.20. The Hall–Kier alpha value is -1.07. The molecule has 1 fully saturated rings. The first-order valence-corrected chi connectivity index (χ1v) is 5.57. The molecule has 98 valence electrons. The van der Waals surface area contributed by atoms with E-state index in [0.717, 1.165) is 13.1 Å². The van der Waals surface area contributed by atoms with Crippen molar-refractivity contribution in [2.24, 2.45) is 0 Å². The van der Waals surface area contributed by atoms with Crippen LogP contribution in [0.15, 0.2) is 12.7 Å². The van der Waals surface area contributed by atoms with Gasteiger partial charge < -0.3 is 10.2 Å². The molecule has 0 atom stereocenters. The predicted molar refractivity (Wildman–Crippen MR) is 69.1 cm³/mol. The van der Waals surface area contributed by atoms with Gasteiger partial charge >= 0.3 is 0 Å². The van der Waals surface area contributed by atoms with Gasteiger partial charge in [-0.05, 0) is 13.0 Å². The van der Waals surface area contributed by atoms with Crippen LogP contribution in [0.3, 0.4) is 0 Å². The maximum atomic E-state index is 11.3. The Balaban J connectivity index is 0.00000256. The third-order valence-corrected chi connectivity index (χ3v) is 2.60. The van der Waals surface area contributed by atoms with Crippen molar-refractivity contribution in [2.45, 2.75) is 6.92 Å². The van der Waals surface area contributed by atoms with Crippen molar-refractivity contribution in [1.29, 1.82) is 0 Å². The summed E-state index contributed by atoms with van der Waals surface area (Å²) in [5, 5.41) is 2.76.